The summed E-state index contributed by atoms with van der Waals surface area (Å²) in [6, 6.07) is 9.11. The predicted octanol–water partition coefficient (Wildman–Crippen LogP) is 3.27. The van der Waals surface area contributed by atoms with E-state index in [0.29, 0.717) is 16.5 Å². The van der Waals surface area contributed by atoms with E-state index in [-0.39, 0.29) is 11.4 Å². The monoisotopic (exact) mass is 240 g/mol. The summed E-state index contributed by atoms with van der Waals surface area (Å²) >= 11 is 0. The van der Waals surface area contributed by atoms with Crippen LogP contribution >= 0.6 is 0 Å². The van der Waals surface area contributed by atoms with Crippen molar-refractivity contribution < 1.29 is 9.52 Å². The molecule has 3 rings (SSSR count). The van der Waals surface area contributed by atoms with E-state index in [1.165, 1.54) is 0 Å². The molecule has 3 heteroatoms. The number of aryl methyl sites for hydroxylation is 2. The van der Waals surface area contributed by atoms with Crippen molar-refractivity contribution in [1.82, 2.24) is 0 Å². The zero-order valence-corrected chi connectivity index (χ0v) is 10.2. The van der Waals surface area contributed by atoms with Crippen molar-refractivity contribution >= 4 is 21.7 Å². The lowest BCUT2D eigenvalue weighted by Crippen LogP contribution is -2.02. The molecule has 0 fully saturated rings. The van der Waals surface area contributed by atoms with Crippen LogP contribution in [0.4, 0.5) is 0 Å². The van der Waals surface area contributed by atoms with Crippen LogP contribution in [-0.4, -0.2) is 5.11 Å². The smallest absolute Gasteiger partial charge is 0.344 e. The minimum atomic E-state index is -0.357. The number of fused-ring (bicyclic) bond motifs is 3. The number of benzene rings is 2. The van der Waals surface area contributed by atoms with Gasteiger partial charge >= 0.3 is 5.63 Å². The first-order chi connectivity index (χ1) is 8.59. The highest BCUT2D eigenvalue weighted by Gasteiger charge is 2.12. The molecule has 3 nitrogen and oxygen atoms in total. The maximum Gasteiger partial charge on any atom is 0.344 e. The van der Waals surface area contributed by atoms with Crippen LogP contribution in [0.25, 0.3) is 21.7 Å². The van der Waals surface area contributed by atoms with Crippen LogP contribution in [0.3, 0.4) is 0 Å². The summed E-state index contributed by atoms with van der Waals surface area (Å²) in [4.78, 5) is 12.0. The second kappa shape index (κ2) is 3.60. The van der Waals surface area contributed by atoms with Gasteiger partial charge in [-0.15, -0.1) is 0 Å². The van der Waals surface area contributed by atoms with Crippen molar-refractivity contribution in [1.29, 1.82) is 0 Å². The Morgan fingerprint density at radius 2 is 1.83 bits per heavy atom. The highest BCUT2D eigenvalue weighted by Crippen LogP contribution is 2.30. The summed E-state index contributed by atoms with van der Waals surface area (Å²) < 4.78 is 5.35. The number of rotatable bonds is 0. The van der Waals surface area contributed by atoms with Gasteiger partial charge < -0.3 is 9.52 Å². The largest absolute Gasteiger partial charge is 0.508 e. The van der Waals surface area contributed by atoms with E-state index in [0.717, 1.165) is 16.3 Å². The summed E-state index contributed by atoms with van der Waals surface area (Å²) in [5.74, 6) is 0.137. The standard InChI is InChI=1S/C15H12O3/c1-8-4-3-5-10-11-6-7-12(16)9(2)14(11)18-15(17)13(8)10/h3-7,16H,1-2H3. The molecule has 0 bridgehead atoms. The molecule has 0 amide bonds. The van der Waals surface area contributed by atoms with E-state index >= 15 is 0 Å². The van der Waals surface area contributed by atoms with E-state index < -0.39 is 0 Å². The summed E-state index contributed by atoms with van der Waals surface area (Å²) in [6.07, 6.45) is 0. The number of hydrogen-bond acceptors (Lipinski definition) is 3. The third-order valence-corrected chi connectivity index (χ3v) is 3.34. The molecule has 1 N–H and O–H groups in total. The lowest BCUT2D eigenvalue weighted by molar-refractivity contribution is 0.468. The summed E-state index contributed by atoms with van der Waals surface area (Å²) in [6.45, 7) is 3.63. The molecule has 0 aliphatic rings. The fraction of sp³-hybridized carbons (Fsp3) is 0.133. The molecule has 0 saturated heterocycles. The SMILES string of the molecule is Cc1c(O)ccc2c1oc(=O)c1c(C)cccc12. The Balaban J connectivity index is 2.68. The van der Waals surface area contributed by atoms with Gasteiger partial charge in [-0.05, 0) is 31.5 Å². The molecular weight excluding hydrogens is 228 g/mol. The van der Waals surface area contributed by atoms with E-state index in [9.17, 15) is 9.90 Å². The van der Waals surface area contributed by atoms with Crippen molar-refractivity contribution in [3.63, 3.8) is 0 Å². The molecule has 3 aromatic rings. The minimum absolute atomic E-state index is 0.137. The Morgan fingerprint density at radius 1 is 1.06 bits per heavy atom. The first-order valence-corrected chi connectivity index (χ1v) is 5.74. The highest BCUT2D eigenvalue weighted by molar-refractivity contribution is 6.06. The van der Waals surface area contributed by atoms with Crippen LogP contribution in [0.1, 0.15) is 11.1 Å². The zero-order valence-electron chi connectivity index (χ0n) is 10.2. The van der Waals surface area contributed by atoms with E-state index in [4.69, 9.17) is 4.42 Å². The average Bonchev–Trinajstić information content (AvgIpc) is 2.34. The van der Waals surface area contributed by atoms with Gasteiger partial charge in [-0.2, -0.15) is 0 Å². The first-order valence-electron chi connectivity index (χ1n) is 5.74. The number of phenols is 1. The van der Waals surface area contributed by atoms with Crippen LogP contribution in [0.2, 0.25) is 0 Å². The van der Waals surface area contributed by atoms with Crippen LogP contribution in [-0.2, 0) is 0 Å². The maximum absolute atomic E-state index is 12.0. The third-order valence-electron chi connectivity index (χ3n) is 3.34. The molecule has 1 aromatic heterocycles. The zero-order chi connectivity index (χ0) is 12.9. The number of hydrogen-bond donors (Lipinski definition) is 1. The van der Waals surface area contributed by atoms with Crippen molar-refractivity contribution in [3.8, 4) is 5.75 Å². The van der Waals surface area contributed by atoms with Gasteiger partial charge in [0.25, 0.3) is 0 Å². The highest BCUT2D eigenvalue weighted by atomic mass is 16.4. The van der Waals surface area contributed by atoms with Crippen molar-refractivity contribution in [2.75, 3.05) is 0 Å². The van der Waals surface area contributed by atoms with Gasteiger partial charge in [0.2, 0.25) is 0 Å². The van der Waals surface area contributed by atoms with Crippen LogP contribution < -0.4 is 5.63 Å². The second-order valence-corrected chi connectivity index (χ2v) is 4.47. The molecule has 0 spiro atoms. The van der Waals surface area contributed by atoms with Gasteiger partial charge in [0.15, 0.2) is 0 Å². The van der Waals surface area contributed by atoms with E-state index in [1.54, 1.807) is 19.1 Å². The number of aromatic hydroxyl groups is 1. The second-order valence-electron chi connectivity index (χ2n) is 4.47. The molecule has 18 heavy (non-hydrogen) atoms. The van der Waals surface area contributed by atoms with Crippen LogP contribution in [0, 0.1) is 13.8 Å². The normalized spacial score (nSPS) is 11.2. The number of phenolic OH excluding ortho intramolecular Hbond substituents is 1. The Bertz CT molecular complexity index is 828. The van der Waals surface area contributed by atoms with E-state index in [2.05, 4.69) is 0 Å². The van der Waals surface area contributed by atoms with Gasteiger partial charge in [0.1, 0.15) is 11.3 Å². The maximum atomic E-state index is 12.0. The minimum Gasteiger partial charge on any atom is -0.508 e. The molecule has 0 saturated carbocycles. The summed E-state index contributed by atoms with van der Waals surface area (Å²) in [7, 11) is 0. The molecule has 0 radical (unpaired) electrons. The van der Waals surface area contributed by atoms with Gasteiger partial charge in [-0.1, -0.05) is 18.2 Å². The third kappa shape index (κ3) is 1.34. The van der Waals surface area contributed by atoms with Gasteiger partial charge in [-0.25, -0.2) is 4.79 Å². The molecular formula is C15H12O3. The Kier molecular flexibility index (Phi) is 2.17. The summed E-state index contributed by atoms with van der Waals surface area (Å²) in [5.41, 5.74) is 1.59. The van der Waals surface area contributed by atoms with Gasteiger partial charge in [0.05, 0.1) is 5.39 Å². The molecule has 90 valence electrons. The Hall–Kier alpha value is -2.29. The summed E-state index contributed by atoms with van der Waals surface area (Å²) in [5, 5.41) is 12.0. The first kappa shape index (κ1) is 10.8. The Labute approximate surface area is 103 Å². The molecule has 1 heterocycles. The predicted molar refractivity (Wildman–Crippen MR) is 71.1 cm³/mol. The Morgan fingerprint density at radius 3 is 2.61 bits per heavy atom. The fourth-order valence-corrected chi connectivity index (χ4v) is 2.33. The van der Waals surface area contributed by atoms with Crippen molar-refractivity contribution in [2.24, 2.45) is 0 Å². The van der Waals surface area contributed by atoms with Crippen molar-refractivity contribution in [2.45, 2.75) is 13.8 Å². The average molecular weight is 240 g/mol. The lowest BCUT2D eigenvalue weighted by Gasteiger charge is -2.07. The molecule has 0 aliphatic carbocycles. The van der Waals surface area contributed by atoms with Crippen molar-refractivity contribution in [3.05, 3.63) is 51.9 Å². The van der Waals surface area contributed by atoms with Crippen LogP contribution in [0.15, 0.2) is 39.5 Å². The molecule has 0 aliphatic heterocycles. The van der Waals surface area contributed by atoms with Gasteiger partial charge in [-0.3, -0.25) is 0 Å². The topological polar surface area (TPSA) is 50.4 Å². The van der Waals surface area contributed by atoms with Crippen LogP contribution in [0.5, 0.6) is 5.75 Å². The molecule has 0 atom stereocenters. The molecule has 0 unspecified atom stereocenters. The fourth-order valence-electron chi connectivity index (χ4n) is 2.33. The van der Waals surface area contributed by atoms with Gasteiger partial charge in [0, 0.05) is 16.3 Å². The van der Waals surface area contributed by atoms with E-state index in [1.807, 2.05) is 25.1 Å². The quantitative estimate of drug-likeness (QED) is 0.484. The molecule has 2 aromatic carbocycles. The lowest BCUT2D eigenvalue weighted by atomic mass is 10.0.